The van der Waals surface area contributed by atoms with Crippen molar-refractivity contribution in [3.8, 4) is 11.5 Å². The van der Waals surface area contributed by atoms with Crippen LogP contribution in [0.1, 0.15) is 23.0 Å². The number of fused-ring (bicyclic) bond motifs is 1. The third-order valence-electron chi connectivity index (χ3n) is 5.04. The quantitative estimate of drug-likeness (QED) is 0.381. The normalized spacial score (nSPS) is 10.5. The van der Waals surface area contributed by atoms with Crippen molar-refractivity contribution in [2.75, 3.05) is 23.8 Å². The monoisotopic (exact) mass is 455 g/mol. The van der Waals surface area contributed by atoms with Crippen molar-refractivity contribution in [2.24, 2.45) is 0 Å². The number of hydrogen-bond donors (Lipinski definition) is 2. The maximum absolute atomic E-state index is 12.5. The average Bonchev–Trinajstić information content (AvgIpc) is 2.84. The molecule has 1 heterocycles. The molecule has 0 fully saturated rings. The minimum Gasteiger partial charge on any atom is -0.494 e. The van der Waals surface area contributed by atoms with Crippen LogP contribution in [0.2, 0.25) is 0 Å². The van der Waals surface area contributed by atoms with Gasteiger partial charge >= 0.3 is 0 Å². The van der Waals surface area contributed by atoms with Gasteiger partial charge in [-0.2, -0.15) is 0 Å². The molecule has 4 rings (SSSR count). The zero-order valence-electron chi connectivity index (χ0n) is 19.0. The molecule has 1 aromatic heterocycles. The molecule has 0 atom stereocenters. The van der Waals surface area contributed by atoms with Crippen LogP contribution in [0.25, 0.3) is 10.9 Å². The molecule has 2 N–H and O–H groups in total. The van der Waals surface area contributed by atoms with Gasteiger partial charge in [-0.25, -0.2) is 4.98 Å². The van der Waals surface area contributed by atoms with Gasteiger partial charge in [0.15, 0.2) is 6.61 Å². The highest BCUT2D eigenvalue weighted by Crippen LogP contribution is 2.24. The summed E-state index contributed by atoms with van der Waals surface area (Å²) < 4.78 is 11.1. The first-order valence-corrected chi connectivity index (χ1v) is 10.9. The number of hydrogen-bond acceptors (Lipinski definition) is 5. The molecule has 172 valence electrons. The maximum atomic E-state index is 12.5. The highest BCUT2D eigenvalue weighted by molar-refractivity contribution is 6.04. The number of carbonyl (C=O) groups is 2. The van der Waals surface area contributed by atoms with Gasteiger partial charge < -0.3 is 20.1 Å². The molecule has 2 amide bonds. The Morgan fingerprint density at radius 2 is 1.53 bits per heavy atom. The van der Waals surface area contributed by atoms with E-state index in [9.17, 15) is 9.59 Å². The Bertz CT molecular complexity index is 1300. The van der Waals surface area contributed by atoms with E-state index in [2.05, 4.69) is 15.6 Å². The molecule has 0 radical (unpaired) electrons. The van der Waals surface area contributed by atoms with Crippen molar-refractivity contribution in [3.05, 3.63) is 90.1 Å². The van der Waals surface area contributed by atoms with Crippen molar-refractivity contribution in [1.29, 1.82) is 0 Å². The van der Waals surface area contributed by atoms with Gasteiger partial charge in [0.1, 0.15) is 17.0 Å². The molecule has 0 aliphatic heterocycles. The Morgan fingerprint density at radius 1 is 0.824 bits per heavy atom. The largest absolute Gasteiger partial charge is 0.494 e. The lowest BCUT2D eigenvalue weighted by molar-refractivity contribution is -0.118. The van der Waals surface area contributed by atoms with Crippen LogP contribution in [0.3, 0.4) is 0 Å². The number of nitrogens with zero attached hydrogens (tertiary/aromatic N) is 1. The SMILES string of the molecule is CCOc1ccc(NC(=O)c2ccc(NC(=O)COc3cccc4ccc(C)nc34)cc2)cc1. The third-order valence-corrected chi connectivity index (χ3v) is 5.04. The zero-order valence-corrected chi connectivity index (χ0v) is 19.0. The number of para-hydroxylation sites is 1. The van der Waals surface area contributed by atoms with Crippen LogP contribution < -0.4 is 20.1 Å². The number of aromatic nitrogens is 1. The van der Waals surface area contributed by atoms with Crippen molar-refractivity contribution in [1.82, 2.24) is 4.98 Å². The average molecular weight is 456 g/mol. The van der Waals surface area contributed by atoms with Crippen LogP contribution in [-0.2, 0) is 4.79 Å². The molecule has 0 saturated heterocycles. The smallest absolute Gasteiger partial charge is 0.262 e. The van der Waals surface area contributed by atoms with Gasteiger partial charge in [-0.15, -0.1) is 0 Å². The van der Waals surface area contributed by atoms with Gasteiger partial charge in [-0.1, -0.05) is 18.2 Å². The van der Waals surface area contributed by atoms with Gasteiger partial charge in [-0.3, -0.25) is 9.59 Å². The lowest BCUT2D eigenvalue weighted by atomic mass is 10.2. The molecule has 0 aliphatic rings. The molecule has 0 saturated carbocycles. The van der Waals surface area contributed by atoms with Gasteiger partial charge in [0, 0.05) is 28.0 Å². The molecule has 7 nitrogen and oxygen atoms in total. The number of amides is 2. The fourth-order valence-corrected chi connectivity index (χ4v) is 3.38. The van der Waals surface area contributed by atoms with E-state index in [1.165, 1.54) is 0 Å². The second kappa shape index (κ2) is 10.5. The minimum atomic E-state index is -0.309. The summed E-state index contributed by atoms with van der Waals surface area (Å²) in [6.45, 7) is 4.25. The second-order valence-electron chi connectivity index (χ2n) is 7.61. The maximum Gasteiger partial charge on any atom is 0.262 e. The van der Waals surface area contributed by atoms with Gasteiger partial charge in [0.05, 0.1) is 6.61 Å². The Morgan fingerprint density at radius 3 is 2.26 bits per heavy atom. The van der Waals surface area contributed by atoms with Crippen molar-refractivity contribution >= 4 is 34.1 Å². The summed E-state index contributed by atoms with van der Waals surface area (Å²) in [4.78, 5) is 29.4. The first-order valence-electron chi connectivity index (χ1n) is 10.9. The van der Waals surface area contributed by atoms with Crippen LogP contribution in [0.5, 0.6) is 11.5 Å². The van der Waals surface area contributed by atoms with Crippen LogP contribution in [0.4, 0.5) is 11.4 Å². The van der Waals surface area contributed by atoms with Gasteiger partial charge in [0.2, 0.25) is 0 Å². The molecule has 4 aromatic rings. The predicted molar refractivity (Wildman–Crippen MR) is 133 cm³/mol. The Balaban J connectivity index is 1.32. The molecule has 34 heavy (non-hydrogen) atoms. The summed E-state index contributed by atoms with van der Waals surface area (Å²) in [5.74, 6) is 0.745. The lowest BCUT2D eigenvalue weighted by Gasteiger charge is -2.10. The first kappa shape index (κ1) is 22.8. The molecular formula is C27H25N3O4. The summed E-state index contributed by atoms with van der Waals surface area (Å²) in [7, 11) is 0. The van der Waals surface area contributed by atoms with Crippen molar-refractivity contribution < 1.29 is 19.1 Å². The zero-order chi connectivity index (χ0) is 23.9. The summed E-state index contributed by atoms with van der Waals surface area (Å²) >= 11 is 0. The number of anilines is 2. The third kappa shape index (κ3) is 5.69. The summed E-state index contributed by atoms with van der Waals surface area (Å²) in [5.41, 5.74) is 3.30. The van der Waals surface area contributed by atoms with E-state index in [1.807, 2.05) is 38.1 Å². The van der Waals surface area contributed by atoms with E-state index in [1.54, 1.807) is 54.6 Å². The van der Waals surface area contributed by atoms with Crippen LogP contribution in [-0.4, -0.2) is 30.0 Å². The fraction of sp³-hybridized carbons (Fsp3) is 0.148. The summed E-state index contributed by atoms with van der Waals surface area (Å²) in [6.07, 6.45) is 0. The first-order chi connectivity index (χ1) is 16.5. The predicted octanol–water partition coefficient (Wildman–Crippen LogP) is 5.21. The van der Waals surface area contributed by atoms with Crippen molar-refractivity contribution in [2.45, 2.75) is 13.8 Å². The van der Waals surface area contributed by atoms with Gasteiger partial charge in [0.25, 0.3) is 11.8 Å². The summed E-state index contributed by atoms with van der Waals surface area (Å²) in [5, 5.41) is 6.56. The Hall–Kier alpha value is -4.39. The Labute approximate surface area is 197 Å². The topological polar surface area (TPSA) is 89.6 Å². The molecule has 0 spiro atoms. The number of pyridine rings is 1. The summed E-state index contributed by atoms with van der Waals surface area (Å²) in [6, 6.07) is 23.3. The second-order valence-corrected chi connectivity index (χ2v) is 7.61. The van der Waals surface area contributed by atoms with E-state index in [0.29, 0.717) is 29.3 Å². The molecule has 0 aliphatic carbocycles. The molecule has 0 unspecified atom stereocenters. The van der Waals surface area contributed by atoms with E-state index < -0.39 is 0 Å². The van der Waals surface area contributed by atoms with Crippen LogP contribution in [0.15, 0.2) is 78.9 Å². The van der Waals surface area contributed by atoms with Gasteiger partial charge in [-0.05, 0) is 74.5 Å². The number of benzene rings is 3. The van der Waals surface area contributed by atoms with Crippen LogP contribution >= 0.6 is 0 Å². The minimum absolute atomic E-state index is 0.158. The fourth-order valence-electron chi connectivity index (χ4n) is 3.38. The number of ether oxygens (including phenoxy) is 2. The highest BCUT2D eigenvalue weighted by Gasteiger charge is 2.10. The molecular weight excluding hydrogens is 430 g/mol. The van der Waals surface area contributed by atoms with E-state index in [-0.39, 0.29) is 18.4 Å². The highest BCUT2D eigenvalue weighted by atomic mass is 16.5. The number of rotatable bonds is 8. The number of nitrogens with one attached hydrogen (secondary N) is 2. The Kier molecular flexibility index (Phi) is 7.03. The standard InChI is InChI=1S/C27H25N3O4/c1-3-33-23-15-13-22(14-16-23)30-27(32)20-9-11-21(12-10-20)29-25(31)17-34-24-6-4-5-19-8-7-18(2)28-26(19)24/h4-16H,3,17H2,1-2H3,(H,29,31)(H,30,32). The van der Waals surface area contributed by atoms with E-state index in [0.717, 1.165) is 22.3 Å². The van der Waals surface area contributed by atoms with E-state index >= 15 is 0 Å². The number of aryl methyl sites for hydroxylation is 1. The van der Waals surface area contributed by atoms with E-state index in [4.69, 9.17) is 9.47 Å². The number of carbonyl (C=O) groups excluding carboxylic acids is 2. The lowest BCUT2D eigenvalue weighted by Crippen LogP contribution is -2.20. The molecule has 7 heteroatoms. The van der Waals surface area contributed by atoms with Crippen molar-refractivity contribution in [3.63, 3.8) is 0 Å². The molecule has 0 bridgehead atoms. The molecule has 3 aromatic carbocycles. The van der Waals surface area contributed by atoms with Crippen LogP contribution in [0, 0.1) is 6.92 Å².